The fraction of sp³-hybridized carbons (Fsp3) is 0.478. The summed E-state index contributed by atoms with van der Waals surface area (Å²) in [4.78, 5) is 0. The van der Waals surface area contributed by atoms with E-state index in [4.69, 9.17) is 21.1 Å². The first kappa shape index (κ1) is 19.8. The van der Waals surface area contributed by atoms with Crippen molar-refractivity contribution in [2.45, 2.75) is 43.2 Å². The van der Waals surface area contributed by atoms with E-state index < -0.39 is 0 Å². The van der Waals surface area contributed by atoms with Gasteiger partial charge in [0.05, 0.1) is 12.2 Å². The predicted molar refractivity (Wildman–Crippen MR) is 109 cm³/mol. The molecule has 1 N–H and O–H groups in total. The van der Waals surface area contributed by atoms with Gasteiger partial charge in [-0.05, 0) is 61.2 Å². The van der Waals surface area contributed by atoms with E-state index in [1.54, 1.807) is 12.1 Å². The fourth-order valence-electron chi connectivity index (χ4n) is 4.68. The van der Waals surface area contributed by atoms with Gasteiger partial charge in [0, 0.05) is 36.6 Å². The second-order valence-corrected chi connectivity index (χ2v) is 8.54. The van der Waals surface area contributed by atoms with Crippen LogP contribution in [0.2, 0.25) is 5.02 Å². The molecule has 2 saturated heterocycles. The van der Waals surface area contributed by atoms with E-state index in [-0.39, 0.29) is 16.8 Å². The molecule has 4 rings (SSSR count). The van der Waals surface area contributed by atoms with Gasteiger partial charge in [-0.1, -0.05) is 35.9 Å². The monoisotopic (exact) mass is 403 g/mol. The van der Waals surface area contributed by atoms with E-state index in [0.717, 1.165) is 57.0 Å². The van der Waals surface area contributed by atoms with E-state index in [1.165, 1.54) is 11.1 Å². The first-order valence-electron chi connectivity index (χ1n) is 10.0. The molecule has 1 spiro atoms. The van der Waals surface area contributed by atoms with Crippen molar-refractivity contribution in [2.75, 3.05) is 26.4 Å². The molecule has 0 bridgehead atoms. The van der Waals surface area contributed by atoms with Gasteiger partial charge >= 0.3 is 0 Å². The van der Waals surface area contributed by atoms with Crippen molar-refractivity contribution < 1.29 is 13.9 Å². The highest BCUT2D eigenvalue weighted by molar-refractivity contribution is 6.30. The second kappa shape index (κ2) is 8.50. The van der Waals surface area contributed by atoms with Gasteiger partial charge in [0.15, 0.2) is 0 Å². The highest BCUT2D eigenvalue weighted by Gasteiger charge is 2.48. The SMILES string of the molecule is Fc1ccc([C@]2(CCNCc3cccc(Cl)c3)CCO[C@]3(CCOC3)C2)cc1. The summed E-state index contributed by atoms with van der Waals surface area (Å²) in [6.45, 7) is 3.79. The standard InChI is InChI=1S/C23H27ClFNO2/c24-20-3-1-2-18(14-20)15-26-11-8-22(19-4-6-21(25)7-5-19)9-13-28-23(16-22)10-12-27-17-23/h1-7,14,26H,8-13,15-17H2/t22-,23-/m1/s1. The maximum Gasteiger partial charge on any atom is 0.123 e. The summed E-state index contributed by atoms with van der Waals surface area (Å²) in [6.07, 6.45) is 3.78. The molecule has 2 atom stereocenters. The average Bonchev–Trinajstić information content (AvgIpc) is 3.13. The number of ether oxygens (including phenoxy) is 2. The second-order valence-electron chi connectivity index (χ2n) is 8.10. The Kier molecular flexibility index (Phi) is 6.02. The summed E-state index contributed by atoms with van der Waals surface area (Å²) in [5.41, 5.74) is 2.16. The Hall–Kier alpha value is -1.46. The van der Waals surface area contributed by atoms with Gasteiger partial charge in [0.1, 0.15) is 5.82 Å². The van der Waals surface area contributed by atoms with Crippen LogP contribution in [0, 0.1) is 5.82 Å². The Morgan fingerprint density at radius 3 is 2.68 bits per heavy atom. The number of nitrogens with one attached hydrogen (secondary N) is 1. The molecule has 28 heavy (non-hydrogen) atoms. The number of rotatable bonds is 6. The molecule has 2 aromatic rings. The third kappa shape index (κ3) is 4.41. The van der Waals surface area contributed by atoms with Crippen LogP contribution < -0.4 is 5.32 Å². The lowest BCUT2D eigenvalue weighted by atomic mass is 9.66. The minimum atomic E-state index is -0.195. The van der Waals surface area contributed by atoms with Crippen molar-refractivity contribution in [3.8, 4) is 0 Å². The minimum absolute atomic E-state index is 0.0268. The van der Waals surface area contributed by atoms with Crippen LogP contribution in [0.25, 0.3) is 0 Å². The van der Waals surface area contributed by atoms with Crippen LogP contribution in [-0.4, -0.2) is 32.0 Å². The average molecular weight is 404 g/mol. The zero-order valence-electron chi connectivity index (χ0n) is 16.1. The van der Waals surface area contributed by atoms with Crippen molar-refractivity contribution >= 4 is 11.6 Å². The minimum Gasteiger partial charge on any atom is -0.378 e. The number of hydrogen-bond acceptors (Lipinski definition) is 3. The first-order chi connectivity index (χ1) is 13.6. The van der Waals surface area contributed by atoms with Crippen molar-refractivity contribution in [2.24, 2.45) is 0 Å². The summed E-state index contributed by atoms with van der Waals surface area (Å²) < 4.78 is 25.4. The van der Waals surface area contributed by atoms with E-state index in [9.17, 15) is 4.39 Å². The Morgan fingerprint density at radius 2 is 1.93 bits per heavy atom. The Labute approximate surface area is 171 Å². The van der Waals surface area contributed by atoms with Gasteiger partial charge in [0.25, 0.3) is 0 Å². The number of benzene rings is 2. The first-order valence-corrected chi connectivity index (χ1v) is 10.4. The molecule has 0 unspecified atom stereocenters. The molecule has 0 saturated carbocycles. The van der Waals surface area contributed by atoms with Gasteiger partial charge in [-0.3, -0.25) is 0 Å². The molecule has 0 radical (unpaired) electrons. The summed E-state index contributed by atoms with van der Waals surface area (Å²) in [5.74, 6) is -0.191. The number of halogens is 2. The molecule has 5 heteroatoms. The van der Waals surface area contributed by atoms with Crippen molar-refractivity contribution in [1.82, 2.24) is 5.32 Å². The van der Waals surface area contributed by atoms with Crippen molar-refractivity contribution in [3.05, 3.63) is 70.5 Å². The molecule has 0 amide bonds. The molecule has 2 fully saturated rings. The van der Waals surface area contributed by atoms with Crippen molar-refractivity contribution in [1.29, 1.82) is 0 Å². The highest BCUT2D eigenvalue weighted by atomic mass is 35.5. The van der Waals surface area contributed by atoms with Gasteiger partial charge in [-0.15, -0.1) is 0 Å². The van der Waals surface area contributed by atoms with Gasteiger partial charge in [-0.2, -0.15) is 0 Å². The van der Waals surface area contributed by atoms with Gasteiger partial charge in [0.2, 0.25) is 0 Å². The third-order valence-electron chi connectivity index (χ3n) is 6.17. The summed E-state index contributed by atoms with van der Waals surface area (Å²) in [5, 5.41) is 4.32. The molecule has 0 aliphatic carbocycles. The largest absolute Gasteiger partial charge is 0.378 e. The van der Waals surface area contributed by atoms with Crippen LogP contribution >= 0.6 is 11.6 Å². The quantitative estimate of drug-likeness (QED) is 0.698. The van der Waals surface area contributed by atoms with Crippen LogP contribution in [0.3, 0.4) is 0 Å². The highest BCUT2D eigenvalue weighted by Crippen LogP contribution is 2.46. The maximum atomic E-state index is 13.5. The summed E-state index contributed by atoms with van der Waals surface area (Å²) in [7, 11) is 0. The van der Waals surface area contributed by atoms with E-state index >= 15 is 0 Å². The maximum absolute atomic E-state index is 13.5. The van der Waals surface area contributed by atoms with E-state index in [2.05, 4.69) is 11.4 Å². The fourth-order valence-corrected chi connectivity index (χ4v) is 4.89. The van der Waals surface area contributed by atoms with Crippen LogP contribution in [0.4, 0.5) is 4.39 Å². The lowest BCUT2D eigenvalue weighted by molar-refractivity contribution is -0.108. The van der Waals surface area contributed by atoms with Crippen LogP contribution in [0.1, 0.15) is 36.8 Å². The molecular weight excluding hydrogens is 377 g/mol. The summed E-state index contributed by atoms with van der Waals surface area (Å²) >= 11 is 6.08. The Morgan fingerprint density at radius 1 is 1.07 bits per heavy atom. The lowest BCUT2D eigenvalue weighted by Crippen LogP contribution is -2.49. The Bertz CT molecular complexity index is 791. The number of hydrogen-bond donors (Lipinski definition) is 1. The molecule has 2 aliphatic rings. The molecule has 2 aliphatic heterocycles. The molecular formula is C23H27ClFNO2. The Balaban J connectivity index is 1.47. The van der Waals surface area contributed by atoms with Crippen LogP contribution in [-0.2, 0) is 21.4 Å². The van der Waals surface area contributed by atoms with Crippen molar-refractivity contribution in [3.63, 3.8) is 0 Å². The molecule has 0 aromatic heterocycles. The van der Waals surface area contributed by atoms with E-state index in [0.29, 0.717) is 6.61 Å². The zero-order valence-corrected chi connectivity index (χ0v) is 16.8. The van der Waals surface area contributed by atoms with Gasteiger partial charge < -0.3 is 14.8 Å². The molecule has 2 heterocycles. The van der Waals surface area contributed by atoms with E-state index in [1.807, 2.05) is 30.3 Å². The smallest absolute Gasteiger partial charge is 0.123 e. The summed E-state index contributed by atoms with van der Waals surface area (Å²) in [6, 6.07) is 15.0. The lowest BCUT2D eigenvalue weighted by Gasteiger charge is -2.46. The van der Waals surface area contributed by atoms with Crippen LogP contribution in [0.5, 0.6) is 0 Å². The third-order valence-corrected chi connectivity index (χ3v) is 6.41. The molecule has 150 valence electrons. The van der Waals surface area contributed by atoms with Crippen LogP contribution in [0.15, 0.2) is 48.5 Å². The van der Waals surface area contributed by atoms with Gasteiger partial charge in [-0.25, -0.2) is 4.39 Å². The predicted octanol–water partition coefficient (Wildman–Crippen LogP) is 4.87. The normalized spacial score (nSPS) is 27.4. The zero-order chi connectivity index (χ0) is 19.5. The molecule has 2 aromatic carbocycles. The molecule has 3 nitrogen and oxygen atoms in total. The topological polar surface area (TPSA) is 30.5 Å².